The molecule has 0 heterocycles. The number of hydrogen-bond donors (Lipinski definition) is 0. The van der Waals surface area contributed by atoms with Gasteiger partial charge in [0.05, 0.1) is 0 Å². The summed E-state index contributed by atoms with van der Waals surface area (Å²) < 4.78 is 10.8. The summed E-state index contributed by atoms with van der Waals surface area (Å²) in [4.78, 5) is 23.8. The van der Waals surface area contributed by atoms with Crippen molar-refractivity contribution in [3.8, 4) is 22.6 Å². The molecule has 0 aliphatic heterocycles. The van der Waals surface area contributed by atoms with Crippen LogP contribution in [0.25, 0.3) is 11.1 Å². The summed E-state index contributed by atoms with van der Waals surface area (Å²) in [5.41, 5.74) is 5.16. The highest BCUT2D eigenvalue weighted by Crippen LogP contribution is 2.35. The number of carbonyl (C=O) groups is 2. The van der Waals surface area contributed by atoms with E-state index in [-0.39, 0.29) is 0 Å². The molecule has 0 saturated carbocycles. The fourth-order valence-electron chi connectivity index (χ4n) is 3.18. The monoisotopic (exact) mass is 406 g/mol. The lowest BCUT2D eigenvalue weighted by atomic mass is 9.90. The molecule has 0 N–H and O–H groups in total. The van der Waals surface area contributed by atoms with Crippen molar-refractivity contribution in [2.45, 2.75) is 53.4 Å². The number of hydrogen-bond acceptors (Lipinski definition) is 4. The fraction of sp³-hybridized carbons (Fsp3) is 0.308. The number of rotatable bonds is 9. The van der Waals surface area contributed by atoms with Gasteiger partial charge in [0, 0.05) is 11.1 Å². The first kappa shape index (κ1) is 23.1. The molecule has 0 fully saturated rings. The molecule has 0 saturated heterocycles. The first-order valence-electron chi connectivity index (χ1n) is 10.3. The van der Waals surface area contributed by atoms with Crippen LogP contribution < -0.4 is 9.47 Å². The second-order valence-corrected chi connectivity index (χ2v) is 7.48. The Morgan fingerprint density at radius 3 is 1.60 bits per heavy atom. The average molecular weight is 407 g/mol. The lowest BCUT2D eigenvalue weighted by molar-refractivity contribution is -0.130. The Balaban J connectivity index is 2.48. The Bertz CT molecular complexity index is 924. The van der Waals surface area contributed by atoms with Crippen molar-refractivity contribution >= 4 is 11.9 Å². The van der Waals surface area contributed by atoms with Crippen LogP contribution in [0.5, 0.6) is 11.5 Å². The molecule has 0 aromatic heterocycles. The molecule has 0 aliphatic carbocycles. The van der Waals surface area contributed by atoms with Gasteiger partial charge in [-0.3, -0.25) is 0 Å². The third kappa shape index (κ3) is 5.93. The number of carbonyl (C=O) groups excluding carboxylic acids is 2. The molecule has 0 unspecified atom stereocenters. The van der Waals surface area contributed by atoms with Crippen molar-refractivity contribution in [3.63, 3.8) is 0 Å². The number of esters is 2. The lowest BCUT2D eigenvalue weighted by Gasteiger charge is -2.18. The van der Waals surface area contributed by atoms with Crippen LogP contribution in [0.2, 0.25) is 0 Å². The quantitative estimate of drug-likeness (QED) is 0.282. The summed E-state index contributed by atoms with van der Waals surface area (Å²) in [6.07, 6.45) is 3.64. The van der Waals surface area contributed by atoms with E-state index in [4.69, 9.17) is 9.47 Å². The Hall–Kier alpha value is -3.14. The van der Waals surface area contributed by atoms with Crippen LogP contribution in [-0.4, -0.2) is 11.9 Å². The fourth-order valence-corrected chi connectivity index (χ4v) is 3.18. The zero-order valence-corrected chi connectivity index (χ0v) is 18.3. The molecule has 4 nitrogen and oxygen atoms in total. The van der Waals surface area contributed by atoms with Crippen LogP contribution in [0.4, 0.5) is 0 Å². The van der Waals surface area contributed by atoms with Crippen molar-refractivity contribution in [1.29, 1.82) is 0 Å². The summed E-state index contributed by atoms with van der Waals surface area (Å²) in [5, 5.41) is 0. The minimum absolute atomic E-state index is 0.356. The van der Waals surface area contributed by atoms with Crippen molar-refractivity contribution in [2.75, 3.05) is 0 Å². The maximum Gasteiger partial charge on any atom is 0.338 e. The summed E-state index contributed by atoms with van der Waals surface area (Å²) in [6.45, 7) is 14.8. The molecule has 0 aliphatic rings. The van der Waals surface area contributed by atoms with E-state index in [2.05, 4.69) is 27.0 Å². The number of aryl methyl sites for hydroxylation is 2. The van der Waals surface area contributed by atoms with Crippen LogP contribution in [0.15, 0.2) is 60.7 Å². The van der Waals surface area contributed by atoms with E-state index >= 15 is 0 Å². The zero-order chi connectivity index (χ0) is 22.3. The molecule has 0 atom stereocenters. The molecule has 2 aromatic rings. The Morgan fingerprint density at radius 2 is 1.20 bits per heavy atom. The van der Waals surface area contributed by atoms with Gasteiger partial charge in [-0.2, -0.15) is 0 Å². The van der Waals surface area contributed by atoms with Gasteiger partial charge in [0.25, 0.3) is 0 Å². The number of benzene rings is 2. The van der Waals surface area contributed by atoms with E-state index in [1.165, 1.54) is 0 Å². The van der Waals surface area contributed by atoms with E-state index in [9.17, 15) is 9.59 Å². The highest BCUT2D eigenvalue weighted by molar-refractivity contribution is 5.89. The van der Waals surface area contributed by atoms with E-state index in [1.54, 1.807) is 26.0 Å². The van der Waals surface area contributed by atoms with Crippen LogP contribution in [-0.2, 0) is 22.4 Å². The van der Waals surface area contributed by atoms with Gasteiger partial charge in [-0.05, 0) is 73.2 Å². The third-order valence-corrected chi connectivity index (χ3v) is 4.57. The van der Waals surface area contributed by atoms with Gasteiger partial charge in [-0.1, -0.05) is 52.0 Å². The zero-order valence-electron chi connectivity index (χ0n) is 18.3. The Kier molecular flexibility index (Phi) is 8.16. The maximum atomic E-state index is 12.0. The molecular weight excluding hydrogens is 376 g/mol. The first-order valence-corrected chi connectivity index (χ1v) is 10.3. The van der Waals surface area contributed by atoms with Gasteiger partial charge in [0.2, 0.25) is 0 Å². The predicted octanol–water partition coefficient (Wildman–Crippen LogP) is 6.22. The van der Waals surface area contributed by atoms with Gasteiger partial charge >= 0.3 is 11.9 Å². The SMILES string of the molecule is C=C(C)C(=O)Oc1ccc(-c2c(CCC)cc(OC(=O)C(=C)C)cc2CCC)cc1. The summed E-state index contributed by atoms with van der Waals surface area (Å²) in [6, 6.07) is 11.4. The summed E-state index contributed by atoms with van der Waals surface area (Å²) in [5.74, 6) is 0.166. The molecule has 0 bridgehead atoms. The van der Waals surface area contributed by atoms with Crippen molar-refractivity contribution < 1.29 is 19.1 Å². The predicted molar refractivity (Wildman–Crippen MR) is 121 cm³/mol. The van der Waals surface area contributed by atoms with Gasteiger partial charge in [-0.25, -0.2) is 9.59 Å². The first-order chi connectivity index (χ1) is 14.3. The van der Waals surface area contributed by atoms with Crippen molar-refractivity contribution in [1.82, 2.24) is 0 Å². The number of ether oxygens (including phenoxy) is 2. The molecular formula is C26H30O4. The van der Waals surface area contributed by atoms with Crippen LogP contribution in [0.3, 0.4) is 0 Å². The second-order valence-electron chi connectivity index (χ2n) is 7.48. The summed E-state index contributed by atoms with van der Waals surface area (Å²) in [7, 11) is 0. The molecule has 158 valence electrons. The maximum absolute atomic E-state index is 12.0. The largest absolute Gasteiger partial charge is 0.423 e. The minimum Gasteiger partial charge on any atom is -0.423 e. The van der Waals surface area contributed by atoms with Gasteiger partial charge in [0.1, 0.15) is 11.5 Å². The van der Waals surface area contributed by atoms with Crippen LogP contribution >= 0.6 is 0 Å². The van der Waals surface area contributed by atoms with E-state index in [0.29, 0.717) is 22.6 Å². The lowest BCUT2D eigenvalue weighted by Crippen LogP contribution is -2.09. The van der Waals surface area contributed by atoms with E-state index in [0.717, 1.165) is 47.9 Å². The molecule has 0 radical (unpaired) electrons. The third-order valence-electron chi connectivity index (χ3n) is 4.57. The van der Waals surface area contributed by atoms with Crippen LogP contribution in [0.1, 0.15) is 51.7 Å². The standard InChI is InChI=1S/C26H30O4/c1-7-9-20-15-23(30-26(28)18(5)6)16-21(10-8-2)24(20)19-11-13-22(14-12-19)29-25(27)17(3)4/h11-16H,3,5,7-10H2,1-2,4,6H3. The highest BCUT2D eigenvalue weighted by Gasteiger charge is 2.16. The molecule has 4 heteroatoms. The van der Waals surface area contributed by atoms with Crippen LogP contribution in [0, 0.1) is 0 Å². The van der Waals surface area contributed by atoms with Crippen molar-refractivity contribution in [2.24, 2.45) is 0 Å². The smallest absolute Gasteiger partial charge is 0.338 e. The molecule has 2 aromatic carbocycles. The Labute approximate surface area is 179 Å². The minimum atomic E-state index is -0.440. The molecule has 0 amide bonds. The van der Waals surface area contributed by atoms with Gasteiger partial charge in [0.15, 0.2) is 0 Å². The highest BCUT2D eigenvalue weighted by atomic mass is 16.5. The molecule has 30 heavy (non-hydrogen) atoms. The second kappa shape index (κ2) is 10.6. The van der Waals surface area contributed by atoms with E-state index in [1.807, 2.05) is 24.3 Å². The topological polar surface area (TPSA) is 52.6 Å². The van der Waals surface area contributed by atoms with Gasteiger partial charge < -0.3 is 9.47 Å². The Morgan fingerprint density at radius 1 is 0.767 bits per heavy atom. The average Bonchev–Trinajstić information content (AvgIpc) is 2.69. The normalized spacial score (nSPS) is 10.4. The van der Waals surface area contributed by atoms with Crippen molar-refractivity contribution in [3.05, 3.63) is 71.8 Å². The van der Waals surface area contributed by atoms with Gasteiger partial charge in [-0.15, -0.1) is 0 Å². The molecule has 2 rings (SSSR count). The summed E-state index contributed by atoms with van der Waals surface area (Å²) >= 11 is 0. The van der Waals surface area contributed by atoms with E-state index < -0.39 is 11.9 Å². The molecule has 0 spiro atoms.